The van der Waals surface area contributed by atoms with Crippen LogP contribution < -0.4 is 11.1 Å². The fourth-order valence-electron chi connectivity index (χ4n) is 2.08. The van der Waals surface area contributed by atoms with Crippen molar-refractivity contribution in [3.63, 3.8) is 0 Å². The summed E-state index contributed by atoms with van der Waals surface area (Å²) in [7, 11) is 0. The van der Waals surface area contributed by atoms with Gasteiger partial charge in [0.2, 0.25) is 5.91 Å². The molecule has 1 amide bonds. The number of hydrogen-bond donors (Lipinski definition) is 2. The molecule has 1 rings (SSSR count). The number of rotatable bonds is 5. The maximum Gasteiger partial charge on any atom is 0.223 e. The summed E-state index contributed by atoms with van der Waals surface area (Å²) < 4.78 is 5.27. The van der Waals surface area contributed by atoms with E-state index in [4.69, 9.17) is 10.5 Å². The van der Waals surface area contributed by atoms with Crippen LogP contribution in [0.5, 0.6) is 0 Å². The fraction of sp³-hybridized carbons (Fsp3) is 0.917. The third-order valence-electron chi connectivity index (χ3n) is 3.10. The molecule has 1 unspecified atom stereocenters. The van der Waals surface area contributed by atoms with Crippen LogP contribution in [0.25, 0.3) is 0 Å². The average Bonchev–Trinajstić information content (AvgIpc) is 2.27. The standard InChI is InChI=1S/C12H24N2O2/c1-3-16-8-9(2)14-12(15)10-4-6-11(13)7-5-10/h9-11H,3-8,13H2,1-2H3,(H,14,15). The number of hydrogen-bond acceptors (Lipinski definition) is 3. The number of amides is 1. The second-order valence-electron chi connectivity index (χ2n) is 4.68. The number of nitrogens with one attached hydrogen (secondary N) is 1. The molecule has 0 radical (unpaired) electrons. The Morgan fingerprint density at radius 1 is 1.44 bits per heavy atom. The van der Waals surface area contributed by atoms with Gasteiger partial charge in [-0.15, -0.1) is 0 Å². The highest BCUT2D eigenvalue weighted by atomic mass is 16.5. The normalized spacial score (nSPS) is 27.4. The van der Waals surface area contributed by atoms with Gasteiger partial charge in [-0.2, -0.15) is 0 Å². The molecule has 1 fully saturated rings. The lowest BCUT2D eigenvalue weighted by atomic mass is 9.86. The van der Waals surface area contributed by atoms with Crippen molar-refractivity contribution in [3.8, 4) is 0 Å². The van der Waals surface area contributed by atoms with Gasteiger partial charge in [-0.05, 0) is 39.5 Å². The first-order chi connectivity index (χ1) is 7.63. The van der Waals surface area contributed by atoms with Gasteiger partial charge in [0.05, 0.1) is 6.61 Å². The quantitative estimate of drug-likeness (QED) is 0.739. The summed E-state index contributed by atoms with van der Waals surface area (Å²) in [5.41, 5.74) is 5.81. The van der Waals surface area contributed by atoms with Crippen LogP contribution in [-0.2, 0) is 9.53 Å². The Hall–Kier alpha value is -0.610. The summed E-state index contributed by atoms with van der Waals surface area (Å²) in [4.78, 5) is 11.9. The first-order valence-electron chi connectivity index (χ1n) is 6.27. The molecule has 4 nitrogen and oxygen atoms in total. The van der Waals surface area contributed by atoms with Gasteiger partial charge in [0.15, 0.2) is 0 Å². The van der Waals surface area contributed by atoms with E-state index in [9.17, 15) is 4.79 Å². The smallest absolute Gasteiger partial charge is 0.223 e. The molecule has 1 aliphatic rings. The SMILES string of the molecule is CCOCC(C)NC(=O)C1CCC(N)CC1. The molecule has 94 valence electrons. The largest absolute Gasteiger partial charge is 0.380 e. The van der Waals surface area contributed by atoms with E-state index in [0.29, 0.717) is 19.3 Å². The van der Waals surface area contributed by atoms with Crippen LogP contribution in [0.1, 0.15) is 39.5 Å². The number of ether oxygens (including phenoxy) is 1. The van der Waals surface area contributed by atoms with Gasteiger partial charge < -0.3 is 15.8 Å². The number of carbonyl (C=O) groups excluding carboxylic acids is 1. The van der Waals surface area contributed by atoms with E-state index in [1.54, 1.807) is 0 Å². The molecular weight excluding hydrogens is 204 g/mol. The van der Waals surface area contributed by atoms with Gasteiger partial charge in [0.1, 0.15) is 0 Å². The first kappa shape index (κ1) is 13.5. The summed E-state index contributed by atoms with van der Waals surface area (Å²) in [6.07, 6.45) is 3.79. The second-order valence-corrected chi connectivity index (χ2v) is 4.68. The summed E-state index contributed by atoms with van der Waals surface area (Å²) in [6.45, 7) is 5.21. The Balaban J connectivity index is 2.23. The molecule has 3 N–H and O–H groups in total. The molecule has 0 aromatic heterocycles. The van der Waals surface area contributed by atoms with Crippen LogP contribution in [0.3, 0.4) is 0 Å². The second kappa shape index (κ2) is 6.86. The van der Waals surface area contributed by atoms with E-state index in [2.05, 4.69) is 5.32 Å². The van der Waals surface area contributed by atoms with E-state index in [0.717, 1.165) is 25.7 Å². The van der Waals surface area contributed by atoms with Crippen molar-refractivity contribution in [2.75, 3.05) is 13.2 Å². The van der Waals surface area contributed by atoms with E-state index < -0.39 is 0 Å². The Labute approximate surface area is 97.9 Å². The molecule has 0 heterocycles. The zero-order valence-corrected chi connectivity index (χ0v) is 10.4. The molecule has 1 aliphatic carbocycles. The predicted molar refractivity (Wildman–Crippen MR) is 64.0 cm³/mol. The number of carbonyl (C=O) groups is 1. The third-order valence-corrected chi connectivity index (χ3v) is 3.10. The highest BCUT2D eigenvalue weighted by Crippen LogP contribution is 2.23. The van der Waals surface area contributed by atoms with Crippen molar-refractivity contribution < 1.29 is 9.53 Å². The Morgan fingerprint density at radius 2 is 2.06 bits per heavy atom. The van der Waals surface area contributed by atoms with Crippen LogP contribution in [0, 0.1) is 5.92 Å². The van der Waals surface area contributed by atoms with Gasteiger partial charge in [0.25, 0.3) is 0 Å². The molecule has 1 saturated carbocycles. The topological polar surface area (TPSA) is 64.3 Å². The molecule has 0 aromatic carbocycles. The Kier molecular flexibility index (Phi) is 5.77. The fourth-order valence-corrected chi connectivity index (χ4v) is 2.08. The summed E-state index contributed by atoms with van der Waals surface area (Å²) >= 11 is 0. The lowest BCUT2D eigenvalue weighted by molar-refractivity contribution is -0.127. The zero-order chi connectivity index (χ0) is 12.0. The highest BCUT2D eigenvalue weighted by molar-refractivity contribution is 5.79. The molecule has 0 saturated heterocycles. The van der Waals surface area contributed by atoms with Crippen LogP contribution >= 0.6 is 0 Å². The lowest BCUT2D eigenvalue weighted by Gasteiger charge is -2.26. The van der Waals surface area contributed by atoms with Gasteiger partial charge in [-0.25, -0.2) is 0 Å². The van der Waals surface area contributed by atoms with E-state index in [-0.39, 0.29) is 17.9 Å². The van der Waals surface area contributed by atoms with Gasteiger partial charge in [-0.3, -0.25) is 4.79 Å². The Morgan fingerprint density at radius 3 is 2.62 bits per heavy atom. The van der Waals surface area contributed by atoms with Gasteiger partial charge in [-0.1, -0.05) is 0 Å². The van der Waals surface area contributed by atoms with Crippen molar-refractivity contribution in [3.05, 3.63) is 0 Å². The van der Waals surface area contributed by atoms with Crippen LogP contribution in [0.15, 0.2) is 0 Å². The molecule has 0 spiro atoms. The minimum absolute atomic E-state index is 0.100. The lowest BCUT2D eigenvalue weighted by Crippen LogP contribution is -2.42. The average molecular weight is 228 g/mol. The third kappa shape index (κ3) is 4.49. The summed E-state index contributed by atoms with van der Waals surface area (Å²) in [6, 6.07) is 0.396. The van der Waals surface area contributed by atoms with Crippen molar-refractivity contribution >= 4 is 5.91 Å². The van der Waals surface area contributed by atoms with Gasteiger partial charge in [0, 0.05) is 24.6 Å². The van der Waals surface area contributed by atoms with Crippen LogP contribution in [-0.4, -0.2) is 31.2 Å². The van der Waals surface area contributed by atoms with Crippen molar-refractivity contribution in [2.24, 2.45) is 11.7 Å². The van der Waals surface area contributed by atoms with E-state index in [1.807, 2.05) is 13.8 Å². The molecule has 0 aromatic rings. The van der Waals surface area contributed by atoms with E-state index in [1.165, 1.54) is 0 Å². The minimum Gasteiger partial charge on any atom is -0.380 e. The van der Waals surface area contributed by atoms with Crippen molar-refractivity contribution in [2.45, 2.75) is 51.6 Å². The van der Waals surface area contributed by atoms with Crippen molar-refractivity contribution in [1.29, 1.82) is 0 Å². The predicted octanol–water partition coefficient (Wildman–Crippen LogP) is 1.05. The molecule has 0 aliphatic heterocycles. The molecule has 1 atom stereocenters. The summed E-state index contributed by atoms with van der Waals surface area (Å²) in [5, 5.41) is 2.99. The monoisotopic (exact) mass is 228 g/mol. The van der Waals surface area contributed by atoms with Gasteiger partial charge >= 0.3 is 0 Å². The van der Waals surface area contributed by atoms with Crippen LogP contribution in [0.4, 0.5) is 0 Å². The molecular formula is C12H24N2O2. The zero-order valence-electron chi connectivity index (χ0n) is 10.4. The maximum atomic E-state index is 11.9. The first-order valence-corrected chi connectivity index (χ1v) is 6.27. The maximum absolute atomic E-state index is 11.9. The highest BCUT2D eigenvalue weighted by Gasteiger charge is 2.25. The minimum atomic E-state index is 0.100. The molecule has 16 heavy (non-hydrogen) atoms. The molecule has 4 heteroatoms. The summed E-state index contributed by atoms with van der Waals surface area (Å²) in [5.74, 6) is 0.322. The van der Waals surface area contributed by atoms with Crippen LogP contribution in [0.2, 0.25) is 0 Å². The Bertz CT molecular complexity index is 213. The molecule has 0 bridgehead atoms. The number of nitrogens with two attached hydrogens (primary N) is 1. The van der Waals surface area contributed by atoms with E-state index >= 15 is 0 Å². The van der Waals surface area contributed by atoms with Crippen molar-refractivity contribution in [1.82, 2.24) is 5.32 Å².